The van der Waals surface area contributed by atoms with Crippen LogP contribution in [0, 0.1) is 6.92 Å². The molecule has 0 aliphatic rings. The number of hydrogen-bond donors (Lipinski definition) is 2. The maximum absolute atomic E-state index is 11.9. The van der Waals surface area contributed by atoms with Crippen LogP contribution < -0.4 is 10.7 Å². The highest BCUT2D eigenvalue weighted by Gasteiger charge is 2.07. The summed E-state index contributed by atoms with van der Waals surface area (Å²) in [4.78, 5) is 23.5. The van der Waals surface area contributed by atoms with E-state index in [2.05, 4.69) is 31.8 Å². The molecule has 23 heavy (non-hydrogen) atoms. The second-order valence-corrected chi connectivity index (χ2v) is 5.81. The molecule has 2 amide bonds. The Kier molecular flexibility index (Phi) is 6.05. The zero-order valence-electron chi connectivity index (χ0n) is 12.5. The van der Waals surface area contributed by atoms with Gasteiger partial charge in [0.05, 0.1) is 12.8 Å². The Morgan fingerprint density at radius 2 is 1.91 bits per heavy atom. The fourth-order valence-electron chi connectivity index (χ4n) is 1.82. The molecule has 2 N–H and O–H groups in total. The highest BCUT2D eigenvalue weighted by atomic mass is 79.9. The Morgan fingerprint density at radius 3 is 2.61 bits per heavy atom. The van der Waals surface area contributed by atoms with Gasteiger partial charge in [-0.2, -0.15) is 5.10 Å². The fourth-order valence-corrected chi connectivity index (χ4v) is 2.08. The van der Waals surface area contributed by atoms with Crippen molar-refractivity contribution in [3.63, 3.8) is 0 Å². The minimum Gasteiger partial charge on any atom is -0.343 e. The first kappa shape index (κ1) is 16.9. The summed E-state index contributed by atoms with van der Waals surface area (Å²) >= 11 is 3.34. The number of rotatable bonds is 5. The number of carbonyl (C=O) groups is 2. The minimum atomic E-state index is -0.389. The van der Waals surface area contributed by atoms with E-state index in [9.17, 15) is 9.59 Å². The number of aryl methyl sites for hydroxylation is 1. The molecule has 0 spiro atoms. The van der Waals surface area contributed by atoms with Crippen molar-refractivity contribution in [2.75, 3.05) is 6.54 Å². The van der Waals surface area contributed by atoms with E-state index in [0.29, 0.717) is 5.56 Å². The molecule has 0 bridgehead atoms. The first-order valence-electron chi connectivity index (χ1n) is 6.97. The van der Waals surface area contributed by atoms with E-state index in [1.165, 1.54) is 6.21 Å². The quantitative estimate of drug-likeness (QED) is 0.624. The molecule has 118 valence electrons. The molecule has 0 radical (unpaired) electrons. The fraction of sp³-hybridized carbons (Fsp3) is 0.118. The molecule has 2 rings (SSSR count). The van der Waals surface area contributed by atoms with E-state index in [1.807, 2.05) is 37.3 Å². The van der Waals surface area contributed by atoms with Crippen molar-refractivity contribution in [1.29, 1.82) is 0 Å². The van der Waals surface area contributed by atoms with Crippen molar-refractivity contribution in [3.05, 3.63) is 69.7 Å². The molecule has 0 heterocycles. The van der Waals surface area contributed by atoms with Gasteiger partial charge in [-0.05, 0) is 36.8 Å². The van der Waals surface area contributed by atoms with E-state index in [4.69, 9.17) is 0 Å². The van der Waals surface area contributed by atoms with E-state index < -0.39 is 0 Å². The molecule has 0 atom stereocenters. The summed E-state index contributed by atoms with van der Waals surface area (Å²) in [5.74, 6) is -0.680. The summed E-state index contributed by atoms with van der Waals surface area (Å²) in [5.41, 5.74) is 4.74. The monoisotopic (exact) mass is 373 g/mol. The number of hydrazone groups is 1. The van der Waals surface area contributed by atoms with Crippen LogP contribution in [-0.2, 0) is 4.79 Å². The molecule has 2 aromatic carbocycles. The van der Waals surface area contributed by atoms with Crippen LogP contribution in [0.4, 0.5) is 0 Å². The number of hydrogen-bond acceptors (Lipinski definition) is 3. The molecule has 2 aromatic rings. The van der Waals surface area contributed by atoms with Crippen molar-refractivity contribution < 1.29 is 9.59 Å². The first-order valence-corrected chi connectivity index (χ1v) is 7.76. The van der Waals surface area contributed by atoms with Gasteiger partial charge in [-0.3, -0.25) is 9.59 Å². The lowest BCUT2D eigenvalue weighted by molar-refractivity contribution is -0.120. The van der Waals surface area contributed by atoms with Crippen LogP contribution in [0.15, 0.2) is 58.1 Å². The molecule has 0 unspecified atom stereocenters. The average molecular weight is 374 g/mol. The molecule has 6 heteroatoms. The normalized spacial score (nSPS) is 10.5. The zero-order chi connectivity index (χ0) is 16.7. The largest absolute Gasteiger partial charge is 0.343 e. The smallest absolute Gasteiger partial charge is 0.259 e. The van der Waals surface area contributed by atoms with Crippen LogP contribution in [0.3, 0.4) is 0 Å². The minimum absolute atomic E-state index is 0.134. The zero-order valence-corrected chi connectivity index (χ0v) is 14.1. The molecular weight excluding hydrogens is 358 g/mol. The highest BCUT2D eigenvalue weighted by Crippen LogP contribution is 2.08. The maximum atomic E-state index is 11.9. The standard InChI is InChI=1S/C17H16BrN3O2/c1-12-3-2-4-14(9-12)17(23)19-11-16(22)21-20-10-13-5-7-15(18)8-6-13/h2-10H,11H2,1H3,(H,19,23)(H,21,22)/b20-10+. The highest BCUT2D eigenvalue weighted by molar-refractivity contribution is 9.10. The Hall–Kier alpha value is -2.47. The summed E-state index contributed by atoms with van der Waals surface area (Å²) < 4.78 is 0.970. The third kappa shape index (κ3) is 5.67. The Labute approximate surface area is 142 Å². The van der Waals surface area contributed by atoms with Gasteiger partial charge in [0.15, 0.2) is 0 Å². The molecular formula is C17H16BrN3O2. The number of nitrogens with zero attached hydrogens (tertiary/aromatic N) is 1. The van der Waals surface area contributed by atoms with Crippen LogP contribution in [0.1, 0.15) is 21.5 Å². The number of halogens is 1. The van der Waals surface area contributed by atoms with Crippen molar-refractivity contribution in [2.24, 2.45) is 5.10 Å². The molecule has 0 aliphatic heterocycles. The molecule has 0 saturated carbocycles. The van der Waals surface area contributed by atoms with Crippen LogP contribution in [0.25, 0.3) is 0 Å². The predicted octanol–water partition coefficient (Wildman–Crippen LogP) is 2.64. The second kappa shape index (κ2) is 8.24. The van der Waals surface area contributed by atoms with Crippen LogP contribution in [0.2, 0.25) is 0 Å². The van der Waals surface area contributed by atoms with E-state index in [0.717, 1.165) is 15.6 Å². The number of benzene rings is 2. The lowest BCUT2D eigenvalue weighted by Crippen LogP contribution is -2.34. The molecule has 0 saturated heterocycles. The van der Waals surface area contributed by atoms with Gasteiger partial charge in [-0.1, -0.05) is 45.8 Å². The van der Waals surface area contributed by atoms with Crippen molar-refractivity contribution in [2.45, 2.75) is 6.92 Å². The van der Waals surface area contributed by atoms with Gasteiger partial charge >= 0.3 is 0 Å². The molecule has 0 fully saturated rings. The first-order chi connectivity index (χ1) is 11.0. The van der Waals surface area contributed by atoms with Crippen LogP contribution >= 0.6 is 15.9 Å². The molecule has 5 nitrogen and oxygen atoms in total. The van der Waals surface area contributed by atoms with Gasteiger partial charge in [0.25, 0.3) is 11.8 Å². The summed E-state index contributed by atoms with van der Waals surface area (Å²) in [7, 11) is 0. The van der Waals surface area contributed by atoms with Crippen molar-refractivity contribution in [3.8, 4) is 0 Å². The Bertz CT molecular complexity index is 727. The Morgan fingerprint density at radius 1 is 1.17 bits per heavy atom. The van der Waals surface area contributed by atoms with Gasteiger partial charge in [0.2, 0.25) is 0 Å². The van der Waals surface area contributed by atoms with Gasteiger partial charge < -0.3 is 5.32 Å². The van der Waals surface area contributed by atoms with Crippen molar-refractivity contribution in [1.82, 2.24) is 10.7 Å². The summed E-state index contributed by atoms with van der Waals surface area (Å²) in [6, 6.07) is 14.6. The second-order valence-electron chi connectivity index (χ2n) is 4.90. The maximum Gasteiger partial charge on any atom is 0.259 e. The SMILES string of the molecule is Cc1cccc(C(=O)NCC(=O)N/N=C/c2ccc(Br)cc2)c1. The summed E-state index contributed by atoms with van der Waals surface area (Å²) in [6.45, 7) is 1.77. The van der Waals surface area contributed by atoms with Crippen LogP contribution in [0.5, 0.6) is 0 Å². The average Bonchev–Trinajstić information content (AvgIpc) is 2.54. The topological polar surface area (TPSA) is 70.6 Å². The number of amides is 2. The van der Waals surface area contributed by atoms with Crippen molar-refractivity contribution >= 4 is 34.0 Å². The van der Waals surface area contributed by atoms with Gasteiger partial charge in [0.1, 0.15) is 0 Å². The number of nitrogens with one attached hydrogen (secondary N) is 2. The van der Waals surface area contributed by atoms with Gasteiger partial charge in [-0.25, -0.2) is 5.43 Å². The van der Waals surface area contributed by atoms with E-state index in [-0.39, 0.29) is 18.4 Å². The third-order valence-corrected chi connectivity index (χ3v) is 3.49. The lowest BCUT2D eigenvalue weighted by Gasteiger charge is -2.04. The van der Waals surface area contributed by atoms with Gasteiger partial charge in [-0.15, -0.1) is 0 Å². The summed E-state index contributed by atoms with van der Waals surface area (Å²) in [5, 5.41) is 6.40. The van der Waals surface area contributed by atoms with E-state index >= 15 is 0 Å². The van der Waals surface area contributed by atoms with E-state index in [1.54, 1.807) is 18.2 Å². The van der Waals surface area contributed by atoms with Gasteiger partial charge in [0, 0.05) is 10.0 Å². The molecule has 0 aliphatic carbocycles. The predicted molar refractivity (Wildman–Crippen MR) is 93.4 cm³/mol. The summed E-state index contributed by atoms with van der Waals surface area (Å²) in [6.07, 6.45) is 1.53. The number of carbonyl (C=O) groups excluding carboxylic acids is 2. The third-order valence-electron chi connectivity index (χ3n) is 2.96. The van der Waals surface area contributed by atoms with Crippen LogP contribution in [-0.4, -0.2) is 24.6 Å². The lowest BCUT2D eigenvalue weighted by atomic mass is 10.1. The molecule has 0 aromatic heterocycles. The Balaban J connectivity index is 1.78.